The molecular weight excluding hydrogens is 380 g/mol. The molecule has 0 saturated carbocycles. The lowest BCUT2D eigenvalue weighted by atomic mass is 10.1. The van der Waals surface area contributed by atoms with Crippen LogP contribution in [0.5, 0.6) is 5.75 Å². The summed E-state index contributed by atoms with van der Waals surface area (Å²) in [6.45, 7) is 4.87. The molecule has 148 valence electrons. The van der Waals surface area contributed by atoms with Crippen LogP contribution in [0.1, 0.15) is 29.8 Å². The van der Waals surface area contributed by atoms with Gasteiger partial charge in [0.15, 0.2) is 9.84 Å². The minimum atomic E-state index is -3.36. The highest BCUT2D eigenvalue weighted by Crippen LogP contribution is 2.26. The van der Waals surface area contributed by atoms with Crippen LogP contribution in [-0.4, -0.2) is 42.1 Å². The van der Waals surface area contributed by atoms with Crippen LogP contribution in [0.3, 0.4) is 0 Å². The van der Waals surface area contributed by atoms with Crippen LogP contribution >= 0.6 is 0 Å². The Morgan fingerprint density at radius 2 is 1.96 bits per heavy atom. The van der Waals surface area contributed by atoms with E-state index in [1.54, 1.807) is 35.1 Å². The van der Waals surface area contributed by atoms with E-state index in [-0.39, 0.29) is 10.5 Å². The van der Waals surface area contributed by atoms with Gasteiger partial charge in [0.25, 0.3) is 0 Å². The van der Waals surface area contributed by atoms with Crippen molar-refractivity contribution >= 4 is 26.7 Å². The van der Waals surface area contributed by atoms with Crippen molar-refractivity contribution in [3.05, 3.63) is 53.7 Å². The predicted octanol–water partition coefficient (Wildman–Crippen LogP) is 3.22. The molecular formula is C20H22N2O5S. The van der Waals surface area contributed by atoms with E-state index in [2.05, 4.69) is 5.10 Å². The first-order valence-electron chi connectivity index (χ1n) is 8.80. The van der Waals surface area contributed by atoms with Crippen LogP contribution < -0.4 is 4.74 Å². The third-order valence-corrected chi connectivity index (χ3v) is 5.35. The monoisotopic (exact) mass is 402 g/mol. The summed E-state index contributed by atoms with van der Waals surface area (Å²) in [5.41, 5.74) is 1.63. The SMILES string of the molecule is CC(C)COc1ccc(S(C)(=O)=O)cc1Cn1ncc2cc(C(=O)O)ccc21. The van der Waals surface area contributed by atoms with Gasteiger partial charge in [-0.3, -0.25) is 4.68 Å². The van der Waals surface area contributed by atoms with Crippen molar-refractivity contribution < 1.29 is 23.1 Å². The Morgan fingerprint density at radius 3 is 2.61 bits per heavy atom. The van der Waals surface area contributed by atoms with Gasteiger partial charge in [-0.2, -0.15) is 5.10 Å². The number of carbonyl (C=O) groups is 1. The number of aromatic nitrogens is 2. The molecule has 0 aliphatic carbocycles. The summed E-state index contributed by atoms with van der Waals surface area (Å²) in [5.74, 6) is -0.0748. The number of benzene rings is 2. The number of aromatic carboxylic acids is 1. The average molecular weight is 402 g/mol. The lowest BCUT2D eigenvalue weighted by Gasteiger charge is -2.15. The van der Waals surface area contributed by atoms with Crippen molar-refractivity contribution in [2.75, 3.05) is 12.9 Å². The van der Waals surface area contributed by atoms with Gasteiger partial charge in [-0.15, -0.1) is 0 Å². The molecule has 1 aromatic heterocycles. The Bertz CT molecular complexity index is 1130. The number of hydrogen-bond acceptors (Lipinski definition) is 5. The standard InChI is InChI=1S/C20H22N2O5S/c1-13(2)12-27-19-7-5-17(28(3,25)26)9-16(19)11-22-18-6-4-14(20(23)24)8-15(18)10-21-22/h4-10,13H,11-12H2,1-3H3,(H,23,24). The van der Waals surface area contributed by atoms with Crippen LogP contribution in [-0.2, 0) is 16.4 Å². The highest BCUT2D eigenvalue weighted by atomic mass is 32.2. The van der Waals surface area contributed by atoms with Crippen molar-refractivity contribution in [1.29, 1.82) is 0 Å². The molecule has 0 saturated heterocycles. The van der Waals surface area contributed by atoms with E-state index >= 15 is 0 Å². The molecule has 0 unspecified atom stereocenters. The van der Waals surface area contributed by atoms with Gasteiger partial charge in [-0.05, 0) is 42.3 Å². The lowest BCUT2D eigenvalue weighted by molar-refractivity contribution is 0.0697. The fourth-order valence-corrected chi connectivity index (χ4v) is 3.49. The fourth-order valence-electron chi connectivity index (χ4n) is 2.81. The van der Waals surface area contributed by atoms with Crippen molar-refractivity contribution in [3.63, 3.8) is 0 Å². The summed E-state index contributed by atoms with van der Waals surface area (Å²) in [4.78, 5) is 11.4. The van der Waals surface area contributed by atoms with Crippen LogP contribution in [0.25, 0.3) is 10.9 Å². The van der Waals surface area contributed by atoms with Gasteiger partial charge in [0.1, 0.15) is 5.75 Å². The molecule has 0 amide bonds. The number of sulfone groups is 1. The van der Waals surface area contributed by atoms with Gasteiger partial charge in [0, 0.05) is 17.2 Å². The van der Waals surface area contributed by atoms with E-state index in [1.165, 1.54) is 12.1 Å². The zero-order valence-electron chi connectivity index (χ0n) is 15.9. The van der Waals surface area contributed by atoms with E-state index in [1.807, 2.05) is 13.8 Å². The number of rotatable bonds is 7. The molecule has 28 heavy (non-hydrogen) atoms. The minimum absolute atomic E-state index is 0.187. The largest absolute Gasteiger partial charge is 0.493 e. The third-order valence-electron chi connectivity index (χ3n) is 4.24. The van der Waals surface area contributed by atoms with Crippen molar-refractivity contribution in [2.45, 2.75) is 25.3 Å². The van der Waals surface area contributed by atoms with Crippen LogP contribution in [0, 0.1) is 5.92 Å². The number of hydrogen-bond donors (Lipinski definition) is 1. The summed E-state index contributed by atoms with van der Waals surface area (Å²) in [6.07, 6.45) is 2.76. The highest BCUT2D eigenvalue weighted by Gasteiger charge is 2.15. The summed E-state index contributed by atoms with van der Waals surface area (Å²) < 4.78 is 31.5. The zero-order chi connectivity index (χ0) is 20.5. The minimum Gasteiger partial charge on any atom is -0.493 e. The zero-order valence-corrected chi connectivity index (χ0v) is 16.7. The Morgan fingerprint density at radius 1 is 1.21 bits per heavy atom. The number of fused-ring (bicyclic) bond motifs is 1. The Hall–Kier alpha value is -2.87. The first-order valence-corrected chi connectivity index (χ1v) is 10.7. The van der Waals surface area contributed by atoms with E-state index in [0.717, 1.165) is 11.8 Å². The molecule has 1 N–H and O–H groups in total. The van der Waals surface area contributed by atoms with Crippen LogP contribution in [0.2, 0.25) is 0 Å². The van der Waals surface area contributed by atoms with Gasteiger partial charge in [-0.1, -0.05) is 13.8 Å². The summed E-state index contributed by atoms with van der Waals surface area (Å²) in [6, 6.07) is 9.58. The molecule has 2 aromatic carbocycles. The first kappa shape index (κ1) is 19.9. The second-order valence-electron chi connectivity index (χ2n) is 7.13. The molecule has 0 radical (unpaired) electrons. The molecule has 0 aliphatic rings. The van der Waals surface area contributed by atoms with E-state index in [0.29, 0.717) is 35.8 Å². The van der Waals surface area contributed by atoms with Crippen molar-refractivity contribution in [1.82, 2.24) is 9.78 Å². The Kier molecular flexibility index (Phi) is 5.42. The summed E-state index contributed by atoms with van der Waals surface area (Å²) >= 11 is 0. The molecule has 7 nitrogen and oxygen atoms in total. The molecule has 0 bridgehead atoms. The van der Waals surface area contributed by atoms with E-state index < -0.39 is 15.8 Å². The van der Waals surface area contributed by atoms with E-state index in [4.69, 9.17) is 9.84 Å². The van der Waals surface area contributed by atoms with Gasteiger partial charge in [0.05, 0.1) is 35.3 Å². The number of carboxylic acid groups (broad SMARTS) is 1. The fraction of sp³-hybridized carbons (Fsp3) is 0.300. The second kappa shape index (κ2) is 7.63. The molecule has 0 spiro atoms. The Balaban J connectivity index is 2.01. The van der Waals surface area contributed by atoms with Crippen LogP contribution in [0.4, 0.5) is 0 Å². The van der Waals surface area contributed by atoms with Crippen molar-refractivity contribution in [2.24, 2.45) is 5.92 Å². The number of nitrogens with zero attached hydrogens (tertiary/aromatic N) is 2. The topological polar surface area (TPSA) is 98.5 Å². The molecule has 3 aromatic rings. The average Bonchev–Trinajstić information content (AvgIpc) is 3.01. The molecule has 0 aliphatic heterocycles. The third kappa shape index (κ3) is 4.33. The maximum Gasteiger partial charge on any atom is 0.335 e. The van der Waals surface area contributed by atoms with E-state index in [9.17, 15) is 13.2 Å². The van der Waals surface area contributed by atoms with Crippen LogP contribution in [0.15, 0.2) is 47.5 Å². The molecule has 3 rings (SSSR count). The number of carboxylic acids is 1. The van der Waals surface area contributed by atoms with Gasteiger partial charge < -0.3 is 9.84 Å². The number of ether oxygens (including phenoxy) is 1. The lowest BCUT2D eigenvalue weighted by Crippen LogP contribution is -2.10. The predicted molar refractivity (Wildman–Crippen MR) is 106 cm³/mol. The molecule has 0 fully saturated rings. The van der Waals surface area contributed by atoms with Gasteiger partial charge in [-0.25, -0.2) is 13.2 Å². The summed E-state index contributed by atoms with van der Waals surface area (Å²) in [5, 5.41) is 14.2. The maximum absolute atomic E-state index is 12.0. The van der Waals surface area contributed by atoms with Crippen molar-refractivity contribution in [3.8, 4) is 5.75 Å². The molecule has 0 atom stereocenters. The molecule has 8 heteroatoms. The highest BCUT2D eigenvalue weighted by molar-refractivity contribution is 7.90. The first-order chi connectivity index (χ1) is 13.1. The normalized spacial score (nSPS) is 11.9. The maximum atomic E-state index is 12.0. The molecule has 1 heterocycles. The Labute approximate surface area is 163 Å². The van der Waals surface area contributed by atoms with Gasteiger partial charge >= 0.3 is 5.97 Å². The quantitative estimate of drug-likeness (QED) is 0.651. The second-order valence-corrected chi connectivity index (χ2v) is 9.14. The summed E-state index contributed by atoms with van der Waals surface area (Å²) in [7, 11) is -3.36. The smallest absolute Gasteiger partial charge is 0.335 e. The van der Waals surface area contributed by atoms with Gasteiger partial charge in [0.2, 0.25) is 0 Å².